The molecule has 0 bridgehead atoms. The molecule has 0 N–H and O–H groups in total. The first-order chi connectivity index (χ1) is 24.8. The Bertz CT molecular complexity index is 2410. The standard InChI is InChI=1S/C48H44O2Si2/c1-47(2)33-23-25-41-45(49-37-13-9-11-15-39(37)51(41,5)6)43(33)31-21-19-29(27-35(31)47)17-18-30-20-22-32-36(28-30)48(3,4)34-24-26-42-46(44(32)34)50-38-14-10-12-16-40(38)52(42,7)8/h9-28H,1-8H3/b18-17+. The number of rotatable bonds is 2. The third-order valence-corrected chi connectivity index (χ3v) is 20.0. The zero-order valence-electron chi connectivity index (χ0n) is 31.4. The number of fused-ring (bicyclic) bond motifs is 12. The lowest BCUT2D eigenvalue weighted by Gasteiger charge is -2.34. The van der Waals surface area contributed by atoms with Crippen molar-refractivity contribution >= 4 is 49.0 Å². The molecule has 4 heteroatoms. The second-order valence-electron chi connectivity index (χ2n) is 17.4. The zero-order valence-corrected chi connectivity index (χ0v) is 33.4. The Morgan fingerprint density at radius 1 is 0.442 bits per heavy atom. The summed E-state index contributed by atoms with van der Waals surface area (Å²) in [6, 6.07) is 40.8. The topological polar surface area (TPSA) is 18.5 Å². The van der Waals surface area contributed by atoms with E-state index in [1.165, 1.54) is 76.4 Å². The molecule has 2 heterocycles. The van der Waals surface area contributed by atoms with Crippen LogP contribution in [-0.2, 0) is 10.8 Å². The molecule has 0 spiro atoms. The van der Waals surface area contributed by atoms with Crippen LogP contribution in [0.4, 0.5) is 0 Å². The Balaban J connectivity index is 1.01. The van der Waals surface area contributed by atoms with Crippen LogP contribution in [0.2, 0.25) is 26.2 Å². The van der Waals surface area contributed by atoms with Gasteiger partial charge in [0.25, 0.3) is 0 Å². The van der Waals surface area contributed by atoms with Crippen LogP contribution < -0.4 is 30.2 Å². The van der Waals surface area contributed by atoms with Crippen molar-refractivity contribution in [3.63, 3.8) is 0 Å². The summed E-state index contributed by atoms with van der Waals surface area (Å²) < 4.78 is 13.6. The quantitative estimate of drug-likeness (QED) is 0.132. The number of ether oxygens (including phenoxy) is 2. The van der Waals surface area contributed by atoms with Gasteiger partial charge in [0.05, 0.1) is 0 Å². The minimum absolute atomic E-state index is 0.127. The lowest BCUT2D eigenvalue weighted by Crippen LogP contribution is -2.56. The number of para-hydroxylation sites is 2. The third kappa shape index (κ3) is 4.11. The normalized spacial score (nSPS) is 18.1. The van der Waals surface area contributed by atoms with Crippen LogP contribution in [0.25, 0.3) is 34.4 Å². The van der Waals surface area contributed by atoms with Gasteiger partial charge in [-0.25, -0.2) is 0 Å². The number of hydrogen-bond donors (Lipinski definition) is 0. The molecule has 256 valence electrons. The van der Waals surface area contributed by atoms with Crippen LogP contribution >= 0.6 is 0 Å². The molecule has 2 nitrogen and oxygen atoms in total. The minimum atomic E-state index is -1.91. The molecule has 4 aliphatic rings. The summed E-state index contributed by atoms with van der Waals surface area (Å²) in [6.45, 7) is 19.3. The van der Waals surface area contributed by atoms with Crippen molar-refractivity contribution in [2.45, 2.75) is 64.7 Å². The fourth-order valence-electron chi connectivity index (χ4n) is 9.88. The maximum Gasteiger partial charge on any atom is 0.135 e. The Labute approximate surface area is 309 Å². The monoisotopic (exact) mass is 708 g/mol. The van der Waals surface area contributed by atoms with Gasteiger partial charge in [-0.15, -0.1) is 0 Å². The molecule has 0 saturated heterocycles. The molecule has 6 aromatic carbocycles. The number of hydrogen-bond acceptors (Lipinski definition) is 2. The summed E-state index contributed by atoms with van der Waals surface area (Å²) in [6.07, 6.45) is 4.56. The SMILES string of the molecule is CC1(C)c2cc(/C=C/c3ccc4c(c3)C(C)(C)c3ccc5c(c3-4)Oc3ccccc3[Si]5(C)C)ccc2-c2c1ccc1c2Oc2ccccc2[Si]1(C)C. The van der Waals surface area contributed by atoms with Gasteiger partial charge in [0.15, 0.2) is 0 Å². The highest BCUT2D eigenvalue weighted by Crippen LogP contribution is 2.55. The first-order valence-corrected chi connectivity index (χ1v) is 24.7. The van der Waals surface area contributed by atoms with Gasteiger partial charge in [-0.05, 0) is 77.4 Å². The largest absolute Gasteiger partial charge is 0.457 e. The van der Waals surface area contributed by atoms with E-state index in [1.54, 1.807) is 0 Å². The van der Waals surface area contributed by atoms with Gasteiger partial charge in [0, 0.05) is 22.0 Å². The highest BCUT2D eigenvalue weighted by atomic mass is 28.3. The third-order valence-electron chi connectivity index (χ3n) is 13.0. The van der Waals surface area contributed by atoms with Crippen molar-refractivity contribution in [3.05, 3.63) is 143 Å². The summed E-state index contributed by atoms with van der Waals surface area (Å²) in [5.41, 5.74) is 12.8. The molecule has 0 amide bonds. The van der Waals surface area contributed by atoms with Gasteiger partial charge in [-0.3, -0.25) is 0 Å². The van der Waals surface area contributed by atoms with Gasteiger partial charge >= 0.3 is 0 Å². The molecule has 6 aromatic rings. The Kier molecular flexibility index (Phi) is 6.34. The van der Waals surface area contributed by atoms with Gasteiger partial charge in [0.2, 0.25) is 0 Å². The molecule has 0 aromatic heterocycles. The second-order valence-corrected chi connectivity index (χ2v) is 26.0. The van der Waals surface area contributed by atoms with Gasteiger partial charge in [0.1, 0.15) is 39.1 Å². The van der Waals surface area contributed by atoms with E-state index in [2.05, 4.69) is 175 Å². The van der Waals surface area contributed by atoms with Gasteiger partial charge in [-0.1, -0.05) is 163 Å². The van der Waals surface area contributed by atoms with E-state index in [0.29, 0.717) is 0 Å². The van der Waals surface area contributed by atoms with Crippen molar-refractivity contribution in [1.29, 1.82) is 0 Å². The van der Waals surface area contributed by atoms with E-state index in [-0.39, 0.29) is 10.8 Å². The molecule has 2 aliphatic heterocycles. The molecule has 0 radical (unpaired) electrons. The van der Waals surface area contributed by atoms with Crippen LogP contribution in [0.5, 0.6) is 23.0 Å². The van der Waals surface area contributed by atoms with Crippen LogP contribution in [0, 0.1) is 0 Å². The lowest BCUT2D eigenvalue weighted by atomic mass is 9.81. The van der Waals surface area contributed by atoms with Crippen LogP contribution in [-0.4, -0.2) is 16.1 Å². The van der Waals surface area contributed by atoms with E-state index in [9.17, 15) is 0 Å². The smallest absolute Gasteiger partial charge is 0.135 e. The van der Waals surface area contributed by atoms with Crippen LogP contribution in [0.3, 0.4) is 0 Å². The van der Waals surface area contributed by atoms with Crippen LogP contribution in [0.15, 0.2) is 109 Å². The highest BCUT2D eigenvalue weighted by molar-refractivity contribution is 7.02. The molecule has 0 atom stereocenters. The summed E-state index contributed by atoms with van der Waals surface area (Å²) in [5.74, 6) is 4.20. The van der Waals surface area contributed by atoms with E-state index >= 15 is 0 Å². The lowest BCUT2D eigenvalue weighted by molar-refractivity contribution is 0.487. The molecule has 10 rings (SSSR count). The molecule has 0 fully saturated rings. The fraction of sp³-hybridized carbons (Fsp3) is 0.208. The van der Waals surface area contributed by atoms with Crippen molar-refractivity contribution in [1.82, 2.24) is 0 Å². The summed E-state index contributed by atoms with van der Waals surface area (Å²) in [4.78, 5) is 0. The molecule has 52 heavy (non-hydrogen) atoms. The summed E-state index contributed by atoms with van der Waals surface area (Å²) in [7, 11) is -3.82. The van der Waals surface area contributed by atoms with Crippen molar-refractivity contribution < 1.29 is 9.47 Å². The number of benzene rings is 6. The van der Waals surface area contributed by atoms with Crippen molar-refractivity contribution in [3.8, 4) is 45.3 Å². The first-order valence-electron chi connectivity index (χ1n) is 18.7. The van der Waals surface area contributed by atoms with E-state index < -0.39 is 16.1 Å². The molecule has 0 saturated carbocycles. The molecule has 2 aliphatic carbocycles. The van der Waals surface area contributed by atoms with E-state index in [1.807, 2.05) is 0 Å². The zero-order chi connectivity index (χ0) is 35.9. The fourth-order valence-corrected chi connectivity index (χ4v) is 15.5. The molecular weight excluding hydrogens is 665 g/mol. The summed E-state index contributed by atoms with van der Waals surface area (Å²) >= 11 is 0. The van der Waals surface area contributed by atoms with Gasteiger partial charge < -0.3 is 9.47 Å². The predicted molar refractivity (Wildman–Crippen MR) is 223 cm³/mol. The first kappa shape index (κ1) is 31.8. The maximum absolute atomic E-state index is 6.79. The average Bonchev–Trinajstić information content (AvgIpc) is 3.50. The molecule has 0 unspecified atom stereocenters. The van der Waals surface area contributed by atoms with E-state index in [0.717, 1.165) is 23.0 Å². The predicted octanol–water partition coefficient (Wildman–Crippen LogP) is 10.3. The maximum atomic E-state index is 6.79. The van der Waals surface area contributed by atoms with Crippen LogP contribution in [0.1, 0.15) is 61.1 Å². The van der Waals surface area contributed by atoms with Crippen molar-refractivity contribution in [2.75, 3.05) is 0 Å². The van der Waals surface area contributed by atoms with Gasteiger partial charge in [-0.2, -0.15) is 0 Å². The minimum Gasteiger partial charge on any atom is -0.457 e. The highest BCUT2D eigenvalue weighted by Gasteiger charge is 2.45. The average molecular weight is 709 g/mol. The molecular formula is C48H44O2Si2. The second kappa shape index (κ2) is 10.4. The van der Waals surface area contributed by atoms with E-state index in [4.69, 9.17) is 9.47 Å². The van der Waals surface area contributed by atoms with Crippen molar-refractivity contribution in [2.24, 2.45) is 0 Å². The Morgan fingerprint density at radius 3 is 1.27 bits per heavy atom. The Hall–Kier alpha value is -4.91. The Morgan fingerprint density at radius 2 is 0.846 bits per heavy atom. The summed E-state index contributed by atoms with van der Waals surface area (Å²) in [5, 5.41) is 5.54.